The number of rotatable bonds is 2. The molecule has 0 saturated carbocycles. The third kappa shape index (κ3) is 2.40. The second-order valence-corrected chi connectivity index (χ2v) is 5.54. The zero-order valence-corrected chi connectivity index (χ0v) is 12.6. The molecule has 0 bridgehead atoms. The minimum atomic E-state index is -0.246. The Kier molecular flexibility index (Phi) is 3.19. The summed E-state index contributed by atoms with van der Waals surface area (Å²) in [5.41, 5.74) is 4.17. The summed E-state index contributed by atoms with van der Waals surface area (Å²) in [6.45, 7) is 2.08. The molecule has 1 aromatic heterocycles. The number of benzene rings is 2. The zero-order chi connectivity index (χ0) is 15.8. The van der Waals surface area contributed by atoms with Crippen molar-refractivity contribution in [2.45, 2.75) is 13.0 Å². The second-order valence-electron chi connectivity index (χ2n) is 5.54. The van der Waals surface area contributed by atoms with Crippen molar-refractivity contribution in [3.8, 4) is 0 Å². The van der Waals surface area contributed by atoms with Crippen LogP contribution in [0.2, 0.25) is 0 Å². The molecule has 0 saturated heterocycles. The molecule has 1 unspecified atom stereocenters. The zero-order valence-electron chi connectivity index (χ0n) is 12.6. The van der Waals surface area contributed by atoms with Gasteiger partial charge in [-0.15, -0.1) is 0 Å². The first-order valence-corrected chi connectivity index (χ1v) is 7.42. The SMILES string of the molecule is Cc1ccccc1C1C=C(c2ccc(F)cc2)Nc2ncnn21. The summed E-state index contributed by atoms with van der Waals surface area (Å²) in [6.07, 6.45) is 3.63. The molecule has 0 amide bonds. The Morgan fingerprint density at radius 3 is 2.65 bits per heavy atom. The van der Waals surface area contributed by atoms with Gasteiger partial charge in [-0.05, 0) is 54.0 Å². The second kappa shape index (κ2) is 5.35. The lowest BCUT2D eigenvalue weighted by Crippen LogP contribution is -2.20. The van der Waals surface area contributed by atoms with Crippen LogP contribution >= 0.6 is 0 Å². The summed E-state index contributed by atoms with van der Waals surface area (Å²) >= 11 is 0. The normalized spacial score (nSPS) is 16.4. The van der Waals surface area contributed by atoms with Gasteiger partial charge in [-0.25, -0.2) is 9.07 Å². The number of hydrogen-bond acceptors (Lipinski definition) is 3. The van der Waals surface area contributed by atoms with Crippen LogP contribution in [0, 0.1) is 12.7 Å². The number of fused-ring (bicyclic) bond motifs is 1. The van der Waals surface area contributed by atoms with E-state index in [1.807, 2.05) is 16.8 Å². The van der Waals surface area contributed by atoms with Gasteiger partial charge in [0.1, 0.15) is 18.2 Å². The summed E-state index contributed by atoms with van der Waals surface area (Å²) in [5.74, 6) is 0.434. The number of hydrogen-bond donors (Lipinski definition) is 1. The van der Waals surface area contributed by atoms with Crippen molar-refractivity contribution in [2.75, 3.05) is 5.32 Å². The van der Waals surface area contributed by atoms with Crippen molar-refractivity contribution in [1.29, 1.82) is 0 Å². The topological polar surface area (TPSA) is 42.7 Å². The van der Waals surface area contributed by atoms with Gasteiger partial charge < -0.3 is 5.32 Å². The molecule has 2 aromatic carbocycles. The van der Waals surface area contributed by atoms with Gasteiger partial charge in [0.25, 0.3) is 0 Å². The molecule has 0 spiro atoms. The van der Waals surface area contributed by atoms with Gasteiger partial charge in [-0.3, -0.25) is 0 Å². The van der Waals surface area contributed by atoms with Crippen LogP contribution in [-0.4, -0.2) is 14.8 Å². The number of nitrogens with one attached hydrogen (secondary N) is 1. The fourth-order valence-electron chi connectivity index (χ4n) is 2.87. The molecule has 0 radical (unpaired) electrons. The van der Waals surface area contributed by atoms with Crippen molar-refractivity contribution in [2.24, 2.45) is 0 Å². The Morgan fingerprint density at radius 1 is 1.09 bits per heavy atom. The van der Waals surface area contributed by atoms with E-state index in [-0.39, 0.29) is 11.9 Å². The first-order chi connectivity index (χ1) is 11.2. The maximum atomic E-state index is 13.2. The first kappa shape index (κ1) is 13.7. The van der Waals surface area contributed by atoms with E-state index in [0.29, 0.717) is 5.95 Å². The molecule has 1 N–H and O–H groups in total. The number of anilines is 1. The molecular formula is C18H15FN4. The predicted octanol–water partition coefficient (Wildman–Crippen LogP) is 3.78. The molecule has 1 aliphatic heterocycles. The first-order valence-electron chi connectivity index (χ1n) is 7.42. The van der Waals surface area contributed by atoms with Crippen LogP contribution < -0.4 is 5.32 Å². The summed E-state index contributed by atoms with van der Waals surface area (Å²) < 4.78 is 15.0. The maximum absolute atomic E-state index is 13.2. The molecule has 1 aliphatic rings. The lowest BCUT2D eigenvalue weighted by molar-refractivity contribution is 0.609. The third-order valence-corrected chi connectivity index (χ3v) is 4.07. The van der Waals surface area contributed by atoms with E-state index in [0.717, 1.165) is 11.3 Å². The Morgan fingerprint density at radius 2 is 1.87 bits per heavy atom. The molecule has 2 heterocycles. The van der Waals surface area contributed by atoms with Crippen LogP contribution in [-0.2, 0) is 0 Å². The Hall–Kier alpha value is -2.95. The number of nitrogens with zero attached hydrogens (tertiary/aromatic N) is 3. The van der Waals surface area contributed by atoms with E-state index < -0.39 is 0 Å². The van der Waals surface area contributed by atoms with Gasteiger partial charge in [-0.2, -0.15) is 10.1 Å². The average molecular weight is 306 g/mol. The summed E-state index contributed by atoms with van der Waals surface area (Å²) in [6, 6.07) is 14.6. The van der Waals surface area contributed by atoms with E-state index in [4.69, 9.17) is 0 Å². The monoisotopic (exact) mass is 306 g/mol. The summed E-state index contributed by atoms with van der Waals surface area (Å²) in [4.78, 5) is 4.28. The largest absolute Gasteiger partial charge is 0.324 e. The highest BCUT2D eigenvalue weighted by Gasteiger charge is 2.24. The van der Waals surface area contributed by atoms with Crippen LogP contribution in [0.15, 0.2) is 60.9 Å². The van der Waals surface area contributed by atoms with Gasteiger partial charge in [0.05, 0.1) is 0 Å². The van der Waals surface area contributed by atoms with Crippen LogP contribution in [0.1, 0.15) is 22.7 Å². The molecule has 4 nitrogen and oxygen atoms in total. The molecule has 0 aliphatic carbocycles. The van der Waals surface area contributed by atoms with E-state index in [2.05, 4.69) is 40.5 Å². The Bertz CT molecular complexity index is 880. The van der Waals surface area contributed by atoms with Gasteiger partial charge in [0.2, 0.25) is 5.95 Å². The van der Waals surface area contributed by atoms with Crippen molar-refractivity contribution in [3.63, 3.8) is 0 Å². The number of aromatic nitrogens is 3. The van der Waals surface area contributed by atoms with Gasteiger partial charge in [0.15, 0.2) is 0 Å². The van der Waals surface area contributed by atoms with Crippen molar-refractivity contribution >= 4 is 11.6 Å². The van der Waals surface area contributed by atoms with Gasteiger partial charge in [0, 0.05) is 5.70 Å². The molecule has 1 atom stereocenters. The molecule has 0 fully saturated rings. The Labute approximate surface area is 133 Å². The molecule has 5 heteroatoms. The fraction of sp³-hybridized carbons (Fsp3) is 0.111. The third-order valence-electron chi connectivity index (χ3n) is 4.07. The van der Waals surface area contributed by atoms with Crippen LogP contribution in [0.4, 0.5) is 10.3 Å². The van der Waals surface area contributed by atoms with Gasteiger partial charge in [-0.1, -0.05) is 24.3 Å². The quantitative estimate of drug-likeness (QED) is 0.783. The number of allylic oxidation sites excluding steroid dienone is 1. The van der Waals surface area contributed by atoms with E-state index in [9.17, 15) is 4.39 Å². The number of halogens is 1. The highest BCUT2D eigenvalue weighted by molar-refractivity contribution is 5.77. The Balaban J connectivity index is 1.83. The standard InChI is InChI=1S/C18H15FN4/c1-12-4-2-3-5-15(12)17-10-16(13-6-8-14(19)9-7-13)22-18-20-11-21-23(17)18/h2-11,17H,1H3,(H,20,21,22). The lowest BCUT2D eigenvalue weighted by Gasteiger charge is -2.25. The molecule has 3 aromatic rings. The minimum Gasteiger partial charge on any atom is -0.324 e. The van der Waals surface area contributed by atoms with Crippen molar-refractivity contribution in [1.82, 2.24) is 14.8 Å². The fourth-order valence-corrected chi connectivity index (χ4v) is 2.87. The molecule has 4 rings (SSSR count). The molecular weight excluding hydrogens is 291 g/mol. The molecule has 23 heavy (non-hydrogen) atoms. The summed E-state index contributed by atoms with van der Waals surface area (Å²) in [5, 5.41) is 7.60. The lowest BCUT2D eigenvalue weighted by atomic mass is 9.98. The van der Waals surface area contributed by atoms with Crippen LogP contribution in [0.3, 0.4) is 0 Å². The van der Waals surface area contributed by atoms with E-state index >= 15 is 0 Å². The number of aryl methyl sites for hydroxylation is 1. The van der Waals surface area contributed by atoms with Crippen LogP contribution in [0.5, 0.6) is 0 Å². The van der Waals surface area contributed by atoms with E-state index in [1.54, 1.807) is 12.1 Å². The maximum Gasteiger partial charge on any atom is 0.226 e. The van der Waals surface area contributed by atoms with Crippen molar-refractivity contribution in [3.05, 3.63) is 83.4 Å². The minimum absolute atomic E-state index is 0.0463. The average Bonchev–Trinajstić information content (AvgIpc) is 3.04. The predicted molar refractivity (Wildman–Crippen MR) is 87.3 cm³/mol. The van der Waals surface area contributed by atoms with Crippen molar-refractivity contribution < 1.29 is 4.39 Å². The van der Waals surface area contributed by atoms with Gasteiger partial charge >= 0.3 is 0 Å². The highest BCUT2D eigenvalue weighted by atomic mass is 19.1. The smallest absolute Gasteiger partial charge is 0.226 e. The summed E-state index contributed by atoms with van der Waals surface area (Å²) in [7, 11) is 0. The van der Waals surface area contributed by atoms with Crippen LogP contribution in [0.25, 0.3) is 5.70 Å². The van der Waals surface area contributed by atoms with E-state index in [1.165, 1.54) is 29.6 Å². The molecule has 114 valence electrons. The highest BCUT2D eigenvalue weighted by Crippen LogP contribution is 2.33.